The molecule has 1 aromatic carbocycles. The van der Waals surface area contributed by atoms with Gasteiger partial charge in [0.2, 0.25) is 0 Å². The lowest BCUT2D eigenvalue weighted by atomic mass is 10.0. The quantitative estimate of drug-likeness (QED) is 0.884. The van der Waals surface area contributed by atoms with Crippen LogP contribution < -0.4 is 14.8 Å². The lowest BCUT2D eigenvalue weighted by Gasteiger charge is -2.37. The zero-order valence-corrected chi connectivity index (χ0v) is 15.8. The SMILES string of the molecule is COc1cc(C)c(CN2CCNCC2c2ccncc2)cc1OC.Cl. The van der Waals surface area contributed by atoms with E-state index in [9.17, 15) is 0 Å². The number of nitrogens with one attached hydrogen (secondary N) is 1. The molecule has 1 unspecified atom stereocenters. The van der Waals surface area contributed by atoms with Crippen LogP contribution in [0.5, 0.6) is 11.5 Å². The summed E-state index contributed by atoms with van der Waals surface area (Å²) in [6, 6.07) is 8.71. The van der Waals surface area contributed by atoms with Crippen molar-refractivity contribution in [2.75, 3.05) is 33.9 Å². The summed E-state index contributed by atoms with van der Waals surface area (Å²) in [5.41, 5.74) is 3.79. The van der Waals surface area contributed by atoms with E-state index in [2.05, 4.69) is 46.4 Å². The van der Waals surface area contributed by atoms with Gasteiger partial charge in [0.1, 0.15) is 0 Å². The smallest absolute Gasteiger partial charge is 0.161 e. The summed E-state index contributed by atoms with van der Waals surface area (Å²) in [6.07, 6.45) is 3.73. The average molecular weight is 364 g/mol. The summed E-state index contributed by atoms with van der Waals surface area (Å²) in [6.45, 7) is 5.99. The predicted molar refractivity (Wildman–Crippen MR) is 102 cm³/mol. The van der Waals surface area contributed by atoms with Crippen LogP contribution in [0.15, 0.2) is 36.7 Å². The fourth-order valence-corrected chi connectivity index (χ4v) is 3.26. The molecule has 1 saturated heterocycles. The number of piperazine rings is 1. The van der Waals surface area contributed by atoms with Crippen LogP contribution >= 0.6 is 12.4 Å². The Morgan fingerprint density at radius 3 is 2.52 bits per heavy atom. The number of aryl methyl sites for hydroxylation is 1. The second-order valence-electron chi connectivity index (χ2n) is 6.10. The van der Waals surface area contributed by atoms with Crippen molar-refractivity contribution in [3.05, 3.63) is 53.3 Å². The van der Waals surface area contributed by atoms with E-state index in [-0.39, 0.29) is 12.4 Å². The first-order chi connectivity index (χ1) is 11.7. The number of ether oxygens (including phenoxy) is 2. The summed E-state index contributed by atoms with van der Waals surface area (Å²) in [7, 11) is 3.36. The number of hydrogen-bond acceptors (Lipinski definition) is 5. The van der Waals surface area contributed by atoms with Gasteiger partial charge in [0.25, 0.3) is 0 Å². The van der Waals surface area contributed by atoms with Gasteiger partial charge in [-0.2, -0.15) is 0 Å². The third kappa shape index (κ3) is 4.42. The van der Waals surface area contributed by atoms with E-state index >= 15 is 0 Å². The molecular weight excluding hydrogens is 338 g/mol. The van der Waals surface area contributed by atoms with Crippen LogP contribution in [-0.4, -0.2) is 43.7 Å². The molecule has 1 fully saturated rings. The van der Waals surface area contributed by atoms with Crippen molar-refractivity contribution < 1.29 is 9.47 Å². The average Bonchev–Trinajstić information content (AvgIpc) is 2.64. The molecule has 2 heterocycles. The van der Waals surface area contributed by atoms with Crippen molar-refractivity contribution in [2.45, 2.75) is 19.5 Å². The molecular formula is C19H26ClN3O2. The van der Waals surface area contributed by atoms with Gasteiger partial charge in [-0.3, -0.25) is 9.88 Å². The number of hydrogen-bond donors (Lipinski definition) is 1. The Morgan fingerprint density at radius 2 is 1.84 bits per heavy atom. The molecule has 5 nitrogen and oxygen atoms in total. The van der Waals surface area contributed by atoms with Gasteiger partial charge >= 0.3 is 0 Å². The number of methoxy groups -OCH3 is 2. The van der Waals surface area contributed by atoms with Gasteiger partial charge in [0, 0.05) is 44.6 Å². The maximum Gasteiger partial charge on any atom is 0.161 e. The molecule has 0 amide bonds. The van der Waals surface area contributed by atoms with Gasteiger partial charge in [0.15, 0.2) is 11.5 Å². The van der Waals surface area contributed by atoms with Crippen LogP contribution in [-0.2, 0) is 6.54 Å². The van der Waals surface area contributed by atoms with Gasteiger partial charge in [-0.05, 0) is 47.9 Å². The molecule has 1 aliphatic heterocycles. The van der Waals surface area contributed by atoms with Crippen molar-refractivity contribution in [2.24, 2.45) is 0 Å². The van der Waals surface area contributed by atoms with Crippen LogP contribution in [0.1, 0.15) is 22.7 Å². The molecule has 0 saturated carbocycles. The zero-order chi connectivity index (χ0) is 16.9. The van der Waals surface area contributed by atoms with Gasteiger partial charge in [-0.15, -0.1) is 12.4 Å². The molecule has 0 radical (unpaired) electrons. The summed E-state index contributed by atoms with van der Waals surface area (Å²) in [4.78, 5) is 6.65. The summed E-state index contributed by atoms with van der Waals surface area (Å²) >= 11 is 0. The standard InChI is InChI=1S/C19H25N3O2.ClH/c1-14-10-18(23-2)19(24-3)11-16(14)13-22-9-8-21-12-17(22)15-4-6-20-7-5-15;/h4-7,10-11,17,21H,8-9,12-13H2,1-3H3;1H. The van der Waals surface area contributed by atoms with Crippen molar-refractivity contribution >= 4 is 12.4 Å². The molecule has 1 aliphatic rings. The highest BCUT2D eigenvalue weighted by Gasteiger charge is 2.24. The maximum absolute atomic E-state index is 5.47. The van der Waals surface area contributed by atoms with Crippen molar-refractivity contribution in [1.82, 2.24) is 15.2 Å². The fourth-order valence-electron chi connectivity index (χ4n) is 3.26. The molecule has 136 valence electrons. The van der Waals surface area contributed by atoms with E-state index in [1.165, 1.54) is 16.7 Å². The first-order valence-electron chi connectivity index (χ1n) is 8.29. The highest BCUT2D eigenvalue weighted by atomic mass is 35.5. The fraction of sp³-hybridized carbons (Fsp3) is 0.421. The number of rotatable bonds is 5. The highest BCUT2D eigenvalue weighted by Crippen LogP contribution is 2.32. The molecule has 1 aromatic heterocycles. The molecule has 1 N–H and O–H groups in total. The molecule has 3 rings (SSSR count). The van der Waals surface area contributed by atoms with Crippen molar-refractivity contribution in [3.8, 4) is 11.5 Å². The minimum Gasteiger partial charge on any atom is -0.493 e. The number of nitrogens with zero attached hydrogens (tertiary/aromatic N) is 2. The Labute approximate surface area is 155 Å². The number of halogens is 1. The first kappa shape index (κ1) is 19.5. The first-order valence-corrected chi connectivity index (χ1v) is 8.29. The number of pyridine rings is 1. The third-order valence-electron chi connectivity index (χ3n) is 4.66. The van der Waals surface area contributed by atoms with E-state index in [0.29, 0.717) is 6.04 Å². The van der Waals surface area contributed by atoms with Crippen molar-refractivity contribution in [3.63, 3.8) is 0 Å². The van der Waals surface area contributed by atoms with Crippen LogP contribution in [0.4, 0.5) is 0 Å². The van der Waals surface area contributed by atoms with Gasteiger partial charge in [-0.25, -0.2) is 0 Å². The zero-order valence-electron chi connectivity index (χ0n) is 15.0. The summed E-state index contributed by atoms with van der Waals surface area (Å²) in [5.74, 6) is 1.57. The second-order valence-corrected chi connectivity index (χ2v) is 6.10. The van der Waals surface area contributed by atoms with E-state index < -0.39 is 0 Å². The van der Waals surface area contributed by atoms with E-state index in [0.717, 1.165) is 37.7 Å². The lowest BCUT2D eigenvalue weighted by molar-refractivity contribution is 0.153. The van der Waals surface area contributed by atoms with Crippen LogP contribution in [0, 0.1) is 6.92 Å². The minimum atomic E-state index is 0. The van der Waals surface area contributed by atoms with Gasteiger partial charge in [0.05, 0.1) is 14.2 Å². The topological polar surface area (TPSA) is 46.6 Å². The molecule has 0 bridgehead atoms. The van der Waals surface area contributed by atoms with Crippen LogP contribution in [0.2, 0.25) is 0 Å². The monoisotopic (exact) mass is 363 g/mol. The Balaban J connectivity index is 0.00000225. The van der Waals surface area contributed by atoms with Crippen molar-refractivity contribution in [1.29, 1.82) is 0 Å². The second kappa shape index (κ2) is 9.04. The Bertz CT molecular complexity index is 682. The molecule has 2 aromatic rings. The van der Waals surface area contributed by atoms with E-state index in [1.54, 1.807) is 14.2 Å². The van der Waals surface area contributed by atoms with Gasteiger partial charge < -0.3 is 14.8 Å². The highest BCUT2D eigenvalue weighted by molar-refractivity contribution is 5.85. The number of benzene rings is 1. The third-order valence-corrected chi connectivity index (χ3v) is 4.66. The van der Waals surface area contributed by atoms with E-state index in [4.69, 9.17) is 9.47 Å². The van der Waals surface area contributed by atoms with Crippen LogP contribution in [0.3, 0.4) is 0 Å². The number of aromatic nitrogens is 1. The predicted octanol–water partition coefficient (Wildman–Crippen LogP) is 2.98. The maximum atomic E-state index is 5.47. The molecule has 6 heteroatoms. The largest absolute Gasteiger partial charge is 0.493 e. The van der Waals surface area contributed by atoms with Gasteiger partial charge in [-0.1, -0.05) is 0 Å². The molecule has 1 atom stereocenters. The van der Waals surface area contributed by atoms with E-state index in [1.807, 2.05) is 12.4 Å². The Morgan fingerprint density at radius 1 is 1.16 bits per heavy atom. The minimum absolute atomic E-state index is 0. The lowest BCUT2D eigenvalue weighted by Crippen LogP contribution is -2.45. The normalized spacial score (nSPS) is 17.6. The Hall–Kier alpha value is -1.82. The molecule has 0 aliphatic carbocycles. The summed E-state index contributed by atoms with van der Waals surface area (Å²) < 4.78 is 10.9. The molecule has 0 spiro atoms. The Kier molecular flexibility index (Phi) is 7.05. The van der Waals surface area contributed by atoms with Crippen LogP contribution in [0.25, 0.3) is 0 Å². The molecule has 25 heavy (non-hydrogen) atoms. The summed E-state index contributed by atoms with van der Waals surface area (Å²) in [5, 5.41) is 3.50.